The molecule has 15 heavy (non-hydrogen) atoms. The number of hydrogen-bond acceptors (Lipinski definition) is 1. The second-order valence-electron chi connectivity index (χ2n) is 4.35. The van der Waals surface area contributed by atoms with Gasteiger partial charge in [-0.3, -0.25) is 0 Å². The van der Waals surface area contributed by atoms with Crippen molar-refractivity contribution < 1.29 is 5.11 Å². The summed E-state index contributed by atoms with van der Waals surface area (Å²) in [6.45, 7) is 6.45. The van der Waals surface area contributed by atoms with Gasteiger partial charge in [-0.05, 0) is 24.8 Å². The van der Waals surface area contributed by atoms with E-state index in [4.69, 9.17) is 0 Å². The molecular weight excluding hydrogens is 184 g/mol. The summed E-state index contributed by atoms with van der Waals surface area (Å²) in [5.74, 6) is 0.639. The predicted molar refractivity (Wildman–Crippen MR) is 64.8 cm³/mol. The van der Waals surface area contributed by atoms with Gasteiger partial charge >= 0.3 is 0 Å². The molecule has 0 fully saturated rings. The lowest BCUT2D eigenvalue weighted by molar-refractivity contribution is 0.141. The van der Waals surface area contributed by atoms with E-state index in [1.165, 1.54) is 5.56 Å². The number of aliphatic hydroxyl groups excluding tert-OH is 1. The van der Waals surface area contributed by atoms with Crippen LogP contribution in [-0.2, 0) is 0 Å². The Morgan fingerprint density at radius 3 is 2.40 bits per heavy atom. The van der Waals surface area contributed by atoms with Crippen LogP contribution in [0, 0.1) is 12.8 Å². The summed E-state index contributed by atoms with van der Waals surface area (Å²) in [7, 11) is 0. The van der Waals surface area contributed by atoms with E-state index in [2.05, 4.69) is 32.9 Å². The van der Waals surface area contributed by atoms with Crippen molar-refractivity contribution in [2.45, 2.75) is 46.1 Å². The van der Waals surface area contributed by atoms with Crippen molar-refractivity contribution in [2.24, 2.45) is 5.92 Å². The van der Waals surface area contributed by atoms with Crippen LogP contribution in [0.2, 0.25) is 0 Å². The van der Waals surface area contributed by atoms with E-state index in [0.29, 0.717) is 5.92 Å². The molecule has 0 aromatic heterocycles. The lowest BCUT2D eigenvalue weighted by atomic mass is 9.92. The maximum atomic E-state index is 10.1. The Kier molecular flexibility index (Phi) is 4.83. The second kappa shape index (κ2) is 5.92. The van der Waals surface area contributed by atoms with E-state index < -0.39 is 0 Å². The molecule has 0 heterocycles. The van der Waals surface area contributed by atoms with Crippen LogP contribution in [0.15, 0.2) is 24.3 Å². The molecule has 1 aromatic rings. The van der Waals surface area contributed by atoms with Crippen molar-refractivity contribution >= 4 is 0 Å². The van der Waals surface area contributed by atoms with Gasteiger partial charge in [-0.2, -0.15) is 0 Å². The Labute approximate surface area is 93.1 Å². The Balaban J connectivity index is 2.64. The molecule has 1 aromatic carbocycles. The fourth-order valence-corrected chi connectivity index (χ4v) is 1.95. The van der Waals surface area contributed by atoms with Crippen LogP contribution in [0.5, 0.6) is 0 Å². The van der Waals surface area contributed by atoms with Crippen molar-refractivity contribution in [3.05, 3.63) is 35.4 Å². The first kappa shape index (κ1) is 12.3. The molecule has 0 saturated heterocycles. The Hall–Kier alpha value is -0.820. The van der Waals surface area contributed by atoms with Gasteiger partial charge < -0.3 is 5.11 Å². The molecule has 0 amide bonds. The van der Waals surface area contributed by atoms with Crippen molar-refractivity contribution in [3.63, 3.8) is 0 Å². The third-order valence-electron chi connectivity index (χ3n) is 3.14. The fourth-order valence-electron chi connectivity index (χ4n) is 1.95. The maximum Gasteiger partial charge on any atom is 0.0792 e. The van der Waals surface area contributed by atoms with Crippen LogP contribution in [0.1, 0.15) is 50.3 Å². The summed E-state index contributed by atoms with van der Waals surface area (Å²) in [6, 6.07) is 8.17. The molecule has 1 heteroatoms. The zero-order chi connectivity index (χ0) is 11.3. The van der Waals surface area contributed by atoms with E-state index in [9.17, 15) is 5.11 Å². The van der Waals surface area contributed by atoms with Crippen molar-refractivity contribution in [1.82, 2.24) is 0 Å². The number of hydrogen-bond donors (Lipinski definition) is 1. The lowest BCUT2D eigenvalue weighted by Gasteiger charge is -2.17. The largest absolute Gasteiger partial charge is 0.388 e. The van der Waals surface area contributed by atoms with E-state index >= 15 is 0 Å². The molecule has 0 bridgehead atoms. The summed E-state index contributed by atoms with van der Waals surface area (Å²) < 4.78 is 0. The van der Waals surface area contributed by atoms with Gasteiger partial charge in [-0.25, -0.2) is 0 Å². The van der Waals surface area contributed by atoms with E-state index in [0.717, 1.165) is 24.8 Å². The predicted octanol–water partition coefficient (Wildman–Crippen LogP) is 3.85. The van der Waals surface area contributed by atoms with Crippen molar-refractivity contribution in [1.29, 1.82) is 0 Å². The zero-order valence-corrected chi connectivity index (χ0v) is 10.0. The summed E-state index contributed by atoms with van der Waals surface area (Å²) in [5.41, 5.74) is 2.28. The van der Waals surface area contributed by atoms with Crippen molar-refractivity contribution in [2.75, 3.05) is 0 Å². The molecule has 1 unspecified atom stereocenters. The Bertz CT molecular complexity index is 289. The molecule has 1 rings (SSSR count). The van der Waals surface area contributed by atoms with E-state index in [1.807, 2.05) is 12.1 Å². The third-order valence-corrected chi connectivity index (χ3v) is 3.14. The first-order valence-electron chi connectivity index (χ1n) is 5.92. The zero-order valence-electron chi connectivity index (χ0n) is 10.0. The first-order valence-corrected chi connectivity index (χ1v) is 5.92. The standard InChI is InChI=1S/C14H22O/c1-4-12(5-2)10-14(15)13-8-6-7-11(3)9-13/h6-9,12,14-15H,4-5,10H2,1-3H3. The van der Waals surface area contributed by atoms with Crippen molar-refractivity contribution in [3.8, 4) is 0 Å². The molecule has 0 aliphatic carbocycles. The second-order valence-corrected chi connectivity index (χ2v) is 4.35. The number of rotatable bonds is 5. The lowest BCUT2D eigenvalue weighted by Crippen LogP contribution is -2.06. The normalized spacial score (nSPS) is 13.1. The average molecular weight is 206 g/mol. The fraction of sp³-hybridized carbons (Fsp3) is 0.571. The highest BCUT2D eigenvalue weighted by Gasteiger charge is 2.13. The summed E-state index contributed by atoms with van der Waals surface area (Å²) >= 11 is 0. The van der Waals surface area contributed by atoms with Gasteiger partial charge in [-0.15, -0.1) is 0 Å². The van der Waals surface area contributed by atoms with Gasteiger partial charge in [0.25, 0.3) is 0 Å². The molecule has 0 saturated carbocycles. The molecule has 0 radical (unpaired) electrons. The highest BCUT2D eigenvalue weighted by atomic mass is 16.3. The first-order chi connectivity index (χ1) is 7.17. The molecule has 1 N–H and O–H groups in total. The van der Waals surface area contributed by atoms with E-state index in [-0.39, 0.29) is 6.10 Å². The monoisotopic (exact) mass is 206 g/mol. The minimum atomic E-state index is -0.296. The Morgan fingerprint density at radius 1 is 1.20 bits per heavy atom. The number of aryl methyl sites for hydroxylation is 1. The topological polar surface area (TPSA) is 20.2 Å². The van der Waals surface area contributed by atoms with Crippen LogP contribution >= 0.6 is 0 Å². The van der Waals surface area contributed by atoms with Crippen LogP contribution in [-0.4, -0.2) is 5.11 Å². The number of benzene rings is 1. The maximum absolute atomic E-state index is 10.1. The van der Waals surface area contributed by atoms with Crippen LogP contribution in [0.4, 0.5) is 0 Å². The average Bonchev–Trinajstić information content (AvgIpc) is 2.25. The van der Waals surface area contributed by atoms with Gasteiger partial charge in [0.1, 0.15) is 0 Å². The summed E-state index contributed by atoms with van der Waals surface area (Å²) in [4.78, 5) is 0. The van der Waals surface area contributed by atoms with Crippen LogP contribution in [0.25, 0.3) is 0 Å². The summed E-state index contributed by atoms with van der Waals surface area (Å²) in [6.07, 6.45) is 2.89. The molecule has 84 valence electrons. The smallest absolute Gasteiger partial charge is 0.0792 e. The van der Waals surface area contributed by atoms with Gasteiger partial charge in [-0.1, -0.05) is 56.5 Å². The molecule has 0 aliphatic heterocycles. The van der Waals surface area contributed by atoms with Gasteiger partial charge in [0.15, 0.2) is 0 Å². The van der Waals surface area contributed by atoms with Crippen LogP contribution < -0.4 is 0 Å². The third kappa shape index (κ3) is 3.67. The molecule has 1 nitrogen and oxygen atoms in total. The van der Waals surface area contributed by atoms with E-state index in [1.54, 1.807) is 0 Å². The highest BCUT2D eigenvalue weighted by Crippen LogP contribution is 2.25. The molecule has 1 atom stereocenters. The molecular formula is C14H22O. The van der Waals surface area contributed by atoms with Crippen LogP contribution in [0.3, 0.4) is 0 Å². The Morgan fingerprint density at radius 2 is 1.87 bits per heavy atom. The summed E-state index contributed by atoms with van der Waals surface area (Å²) in [5, 5.41) is 10.1. The minimum Gasteiger partial charge on any atom is -0.388 e. The highest BCUT2D eigenvalue weighted by molar-refractivity contribution is 5.23. The molecule has 0 aliphatic rings. The quantitative estimate of drug-likeness (QED) is 0.775. The van der Waals surface area contributed by atoms with Gasteiger partial charge in [0.2, 0.25) is 0 Å². The SMILES string of the molecule is CCC(CC)CC(O)c1cccc(C)c1. The van der Waals surface area contributed by atoms with Gasteiger partial charge in [0.05, 0.1) is 6.10 Å². The molecule has 0 spiro atoms. The minimum absolute atomic E-state index is 0.296. The number of aliphatic hydroxyl groups is 1. The van der Waals surface area contributed by atoms with Gasteiger partial charge in [0, 0.05) is 0 Å².